The summed E-state index contributed by atoms with van der Waals surface area (Å²) in [7, 11) is -4.31. The molecule has 4 aromatic rings. The largest absolute Gasteiger partial charge is 0.350 e. The Morgan fingerprint density at radius 3 is 1.90 bits per heavy atom. The molecule has 0 fully saturated rings. The minimum atomic E-state index is -4.31. The summed E-state index contributed by atoms with van der Waals surface area (Å²) in [5, 5.41) is 0.851. The molecule has 0 atom stereocenters. The molecule has 0 saturated carbocycles. The Balaban J connectivity index is 2.14. The second-order valence-corrected chi connectivity index (χ2v) is 8.80. The van der Waals surface area contributed by atoms with E-state index in [2.05, 4.69) is 0 Å². The predicted octanol–water partition coefficient (Wildman–Crippen LogP) is 3.70. The minimum absolute atomic E-state index is 0.0114. The molecule has 0 saturated heterocycles. The summed E-state index contributed by atoms with van der Waals surface area (Å²) in [6.45, 7) is 0. The lowest BCUT2D eigenvalue weighted by Gasteiger charge is -2.14. The van der Waals surface area contributed by atoms with Crippen molar-refractivity contribution in [2.75, 3.05) is 0 Å². The molecule has 3 aromatic carbocycles. The summed E-state index contributed by atoms with van der Waals surface area (Å²) in [6, 6.07) is 17.4. The third kappa shape index (κ3) is 3.27. The van der Waals surface area contributed by atoms with E-state index in [1.165, 1.54) is 60.7 Å². The second kappa shape index (κ2) is 7.18. The van der Waals surface area contributed by atoms with Crippen molar-refractivity contribution in [3.05, 3.63) is 104 Å². The van der Waals surface area contributed by atoms with E-state index in [-0.39, 0.29) is 21.5 Å². The molecule has 0 radical (unpaired) electrons. The van der Waals surface area contributed by atoms with Crippen LogP contribution >= 0.6 is 23.2 Å². The highest BCUT2D eigenvalue weighted by molar-refractivity contribution is 7.90. The molecule has 1 heterocycles. The van der Waals surface area contributed by atoms with Crippen molar-refractivity contribution in [2.45, 2.75) is 4.90 Å². The SMILES string of the molecule is O=c1c2ccccc2n(S(=O)(=O)c2ccc(Cl)cc2)c(=O)n1-c1ccc(Cl)cc1. The normalized spacial score (nSPS) is 11.7. The smallest absolute Gasteiger partial charge is 0.268 e. The molecule has 0 aliphatic rings. The van der Waals surface area contributed by atoms with Crippen LogP contribution < -0.4 is 11.2 Å². The van der Waals surface area contributed by atoms with Gasteiger partial charge in [-0.3, -0.25) is 4.79 Å². The van der Waals surface area contributed by atoms with Crippen LogP contribution in [0.2, 0.25) is 10.0 Å². The fraction of sp³-hybridized carbons (Fsp3) is 0. The molecule has 0 amide bonds. The molecule has 0 bridgehead atoms. The highest BCUT2D eigenvalue weighted by Crippen LogP contribution is 2.20. The number of para-hydroxylation sites is 1. The summed E-state index contributed by atoms with van der Waals surface area (Å²) in [5.41, 5.74) is -1.45. The quantitative estimate of drug-likeness (QED) is 0.480. The summed E-state index contributed by atoms with van der Waals surface area (Å²) >= 11 is 11.7. The molecule has 0 spiro atoms. The van der Waals surface area contributed by atoms with Gasteiger partial charge in [-0.1, -0.05) is 35.3 Å². The van der Waals surface area contributed by atoms with Crippen LogP contribution in [0.5, 0.6) is 0 Å². The first-order valence-electron chi connectivity index (χ1n) is 8.34. The number of benzene rings is 3. The molecule has 0 N–H and O–H groups in total. The van der Waals surface area contributed by atoms with Gasteiger partial charge < -0.3 is 0 Å². The third-order valence-corrected chi connectivity index (χ3v) is 6.56. The van der Waals surface area contributed by atoms with Crippen LogP contribution in [0.1, 0.15) is 0 Å². The highest BCUT2D eigenvalue weighted by Gasteiger charge is 2.25. The number of halogens is 2. The zero-order chi connectivity index (χ0) is 20.8. The monoisotopic (exact) mass is 446 g/mol. The number of hydrogen-bond acceptors (Lipinski definition) is 4. The zero-order valence-corrected chi connectivity index (χ0v) is 16.9. The van der Waals surface area contributed by atoms with Crippen LogP contribution in [-0.2, 0) is 10.0 Å². The Labute approximate surface area is 175 Å². The van der Waals surface area contributed by atoms with E-state index in [4.69, 9.17) is 23.2 Å². The van der Waals surface area contributed by atoms with E-state index in [0.29, 0.717) is 14.0 Å². The van der Waals surface area contributed by atoms with Crippen LogP contribution in [0.25, 0.3) is 16.6 Å². The van der Waals surface area contributed by atoms with E-state index in [9.17, 15) is 18.0 Å². The first-order chi connectivity index (χ1) is 13.8. The average molecular weight is 447 g/mol. The molecule has 0 aliphatic carbocycles. The molecule has 146 valence electrons. The molecule has 29 heavy (non-hydrogen) atoms. The Hall–Kier alpha value is -2.87. The van der Waals surface area contributed by atoms with Gasteiger partial charge in [-0.15, -0.1) is 0 Å². The van der Waals surface area contributed by atoms with Crippen LogP contribution in [-0.4, -0.2) is 17.0 Å². The van der Waals surface area contributed by atoms with Gasteiger partial charge >= 0.3 is 5.69 Å². The topological polar surface area (TPSA) is 78.1 Å². The summed E-state index contributed by atoms with van der Waals surface area (Å²) in [6.07, 6.45) is 0. The molecule has 9 heteroatoms. The number of nitrogens with zero attached hydrogens (tertiary/aromatic N) is 2. The molecule has 0 unspecified atom stereocenters. The van der Waals surface area contributed by atoms with Gasteiger partial charge in [-0.05, 0) is 60.7 Å². The Morgan fingerprint density at radius 2 is 1.28 bits per heavy atom. The lowest BCUT2D eigenvalue weighted by atomic mass is 10.2. The maximum Gasteiger partial charge on any atom is 0.350 e. The van der Waals surface area contributed by atoms with Gasteiger partial charge in [0.2, 0.25) is 0 Å². The highest BCUT2D eigenvalue weighted by atomic mass is 35.5. The van der Waals surface area contributed by atoms with Crippen molar-refractivity contribution in [1.29, 1.82) is 0 Å². The van der Waals surface area contributed by atoms with Crippen molar-refractivity contribution >= 4 is 44.1 Å². The number of aromatic nitrogens is 2. The van der Waals surface area contributed by atoms with E-state index >= 15 is 0 Å². The van der Waals surface area contributed by atoms with E-state index in [0.717, 1.165) is 4.57 Å². The lowest BCUT2D eigenvalue weighted by molar-refractivity contribution is 0.584. The van der Waals surface area contributed by atoms with E-state index < -0.39 is 21.3 Å². The maximum absolute atomic E-state index is 13.3. The minimum Gasteiger partial charge on any atom is -0.268 e. The maximum atomic E-state index is 13.3. The number of hydrogen-bond donors (Lipinski definition) is 0. The van der Waals surface area contributed by atoms with Gasteiger partial charge in [0, 0.05) is 10.0 Å². The molecular weight excluding hydrogens is 435 g/mol. The van der Waals surface area contributed by atoms with E-state index in [1.54, 1.807) is 12.1 Å². The summed E-state index contributed by atoms with van der Waals surface area (Å²) in [5.74, 6) is 0. The van der Waals surface area contributed by atoms with Crippen molar-refractivity contribution in [3.8, 4) is 5.69 Å². The Morgan fingerprint density at radius 1 is 0.724 bits per heavy atom. The third-order valence-electron chi connectivity index (χ3n) is 4.36. The van der Waals surface area contributed by atoms with Gasteiger partial charge in [0.05, 0.1) is 21.5 Å². The van der Waals surface area contributed by atoms with Crippen LogP contribution in [0.4, 0.5) is 0 Å². The standard InChI is InChI=1S/C20H12Cl2N2O4S/c21-13-5-9-15(10-6-13)23-19(25)17-3-1-2-4-18(17)24(20(23)26)29(27,28)16-11-7-14(22)8-12-16/h1-12H. The number of rotatable bonds is 3. The summed E-state index contributed by atoms with van der Waals surface area (Å²) < 4.78 is 28.1. The molecule has 0 aliphatic heterocycles. The van der Waals surface area contributed by atoms with Crippen LogP contribution in [0, 0.1) is 0 Å². The predicted molar refractivity (Wildman–Crippen MR) is 113 cm³/mol. The van der Waals surface area contributed by atoms with Gasteiger partial charge in [0.15, 0.2) is 0 Å². The fourth-order valence-electron chi connectivity index (χ4n) is 2.99. The van der Waals surface area contributed by atoms with Gasteiger partial charge in [-0.25, -0.2) is 17.8 Å². The van der Waals surface area contributed by atoms with Crippen LogP contribution in [0.15, 0.2) is 87.3 Å². The van der Waals surface area contributed by atoms with E-state index in [1.807, 2.05) is 0 Å². The summed E-state index contributed by atoms with van der Waals surface area (Å²) in [4.78, 5) is 26.1. The second-order valence-electron chi connectivity index (χ2n) is 6.14. The number of fused-ring (bicyclic) bond motifs is 1. The van der Waals surface area contributed by atoms with Crippen molar-refractivity contribution < 1.29 is 8.42 Å². The molecule has 6 nitrogen and oxygen atoms in total. The Bertz CT molecular complexity index is 1460. The van der Waals surface area contributed by atoms with Crippen LogP contribution in [0.3, 0.4) is 0 Å². The zero-order valence-electron chi connectivity index (χ0n) is 14.6. The first kappa shape index (κ1) is 19.4. The van der Waals surface area contributed by atoms with Gasteiger partial charge in [0.25, 0.3) is 15.6 Å². The molecular formula is C20H12Cl2N2O4S. The molecule has 4 rings (SSSR count). The van der Waals surface area contributed by atoms with Crippen molar-refractivity contribution in [3.63, 3.8) is 0 Å². The van der Waals surface area contributed by atoms with Crippen molar-refractivity contribution in [1.82, 2.24) is 8.54 Å². The molecule has 1 aromatic heterocycles. The van der Waals surface area contributed by atoms with Gasteiger partial charge in [-0.2, -0.15) is 3.97 Å². The van der Waals surface area contributed by atoms with Crippen molar-refractivity contribution in [2.24, 2.45) is 0 Å². The fourth-order valence-corrected chi connectivity index (χ4v) is 4.64. The average Bonchev–Trinajstić information content (AvgIpc) is 2.70. The lowest BCUT2D eigenvalue weighted by Crippen LogP contribution is -2.41. The first-order valence-corrected chi connectivity index (χ1v) is 10.5. The van der Waals surface area contributed by atoms with Gasteiger partial charge in [0.1, 0.15) is 0 Å². The Kier molecular flexibility index (Phi) is 4.82.